The summed E-state index contributed by atoms with van der Waals surface area (Å²) in [6.45, 7) is 1.34. The van der Waals surface area contributed by atoms with Crippen LogP contribution in [0.5, 0.6) is 0 Å². The van der Waals surface area contributed by atoms with Crippen LogP contribution in [0.1, 0.15) is 29.8 Å². The number of carbonyl (C=O) groups excluding carboxylic acids is 1. The van der Waals surface area contributed by atoms with Gasteiger partial charge in [-0.2, -0.15) is 0 Å². The first-order chi connectivity index (χ1) is 8.66. The highest BCUT2D eigenvalue weighted by Gasteiger charge is 2.19. The zero-order valence-corrected chi connectivity index (χ0v) is 10.5. The molecule has 2 heterocycles. The van der Waals surface area contributed by atoms with Crippen LogP contribution in [0.15, 0.2) is 23.0 Å². The summed E-state index contributed by atoms with van der Waals surface area (Å²) in [5, 5.41) is 0. The van der Waals surface area contributed by atoms with Crippen LogP contribution in [0.4, 0.5) is 0 Å². The van der Waals surface area contributed by atoms with Crippen LogP contribution in [0.2, 0.25) is 0 Å². The summed E-state index contributed by atoms with van der Waals surface area (Å²) in [6.07, 6.45) is 3.35. The molecule has 1 aliphatic rings. The van der Waals surface area contributed by atoms with Crippen molar-refractivity contribution in [3.05, 3.63) is 34.2 Å². The van der Waals surface area contributed by atoms with Crippen molar-refractivity contribution in [1.82, 2.24) is 9.88 Å². The Morgan fingerprint density at radius 2 is 2.33 bits per heavy atom. The van der Waals surface area contributed by atoms with Gasteiger partial charge in [0, 0.05) is 26.3 Å². The highest BCUT2D eigenvalue weighted by Crippen LogP contribution is 2.14. The average molecular weight is 250 g/mol. The standard InChI is InChI=1S/C13H18N2O3/c1-15(9-10-5-2-3-8-18-10)13(17)11-6-4-7-12(16)14-11/h4,6-7,10H,2-3,5,8-9H2,1H3,(H,14,16). The van der Waals surface area contributed by atoms with E-state index in [1.54, 1.807) is 24.1 Å². The average Bonchev–Trinajstić information content (AvgIpc) is 2.39. The summed E-state index contributed by atoms with van der Waals surface area (Å²) in [6, 6.07) is 4.58. The minimum absolute atomic E-state index is 0.114. The lowest BCUT2D eigenvalue weighted by Crippen LogP contribution is -2.37. The lowest BCUT2D eigenvalue weighted by molar-refractivity contribution is -0.000294. The molecule has 1 atom stereocenters. The molecule has 98 valence electrons. The van der Waals surface area contributed by atoms with Crippen LogP contribution in [-0.4, -0.2) is 42.1 Å². The predicted molar refractivity (Wildman–Crippen MR) is 67.6 cm³/mol. The van der Waals surface area contributed by atoms with Crippen LogP contribution in [0, 0.1) is 0 Å². The fraction of sp³-hybridized carbons (Fsp3) is 0.538. The maximum Gasteiger partial charge on any atom is 0.270 e. The first kappa shape index (κ1) is 12.8. The Morgan fingerprint density at radius 1 is 1.50 bits per heavy atom. The van der Waals surface area contributed by atoms with Crippen LogP contribution in [-0.2, 0) is 4.74 Å². The van der Waals surface area contributed by atoms with E-state index in [1.165, 1.54) is 6.07 Å². The summed E-state index contributed by atoms with van der Waals surface area (Å²) in [7, 11) is 1.73. The number of aromatic nitrogens is 1. The van der Waals surface area contributed by atoms with Gasteiger partial charge in [-0.25, -0.2) is 0 Å². The van der Waals surface area contributed by atoms with Crippen molar-refractivity contribution in [2.24, 2.45) is 0 Å². The van der Waals surface area contributed by atoms with Gasteiger partial charge in [0.2, 0.25) is 5.56 Å². The van der Waals surface area contributed by atoms with E-state index in [1.807, 2.05) is 0 Å². The van der Waals surface area contributed by atoms with E-state index in [2.05, 4.69) is 4.98 Å². The van der Waals surface area contributed by atoms with E-state index in [-0.39, 0.29) is 17.6 Å². The third-order valence-corrected chi connectivity index (χ3v) is 3.10. The second-order valence-corrected chi connectivity index (χ2v) is 4.60. The van der Waals surface area contributed by atoms with Crippen LogP contribution in [0.3, 0.4) is 0 Å². The molecule has 1 fully saturated rings. The molecule has 0 bridgehead atoms. The molecule has 0 radical (unpaired) electrons. The molecule has 1 unspecified atom stereocenters. The number of nitrogens with one attached hydrogen (secondary N) is 1. The van der Waals surface area contributed by atoms with Gasteiger partial charge in [-0.1, -0.05) is 6.07 Å². The molecule has 2 rings (SSSR count). The number of carbonyl (C=O) groups is 1. The molecule has 5 nitrogen and oxygen atoms in total. The van der Waals surface area contributed by atoms with Crippen LogP contribution < -0.4 is 5.56 Å². The zero-order chi connectivity index (χ0) is 13.0. The van der Waals surface area contributed by atoms with Gasteiger partial charge in [-0.05, 0) is 25.3 Å². The van der Waals surface area contributed by atoms with E-state index in [0.717, 1.165) is 25.9 Å². The van der Waals surface area contributed by atoms with Crippen LogP contribution >= 0.6 is 0 Å². The molecule has 0 spiro atoms. The number of H-pyrrole nitrogens is 1. The Hall–Kier alpha value is -1.62. The minimum atomic E-state index is -0.261. The minimum Gasteiger partial charge on any atom is -0.376 e. The van der Waals surface area contributed by atoms with Gasteiger partial charge in [-0.15, -0.1) is 0 Å². The number of aromatic amines is 1. The summed E-state index contributed by atoms with van der Waals surface area (Å²) in [5.41, 5.74) is 0.0592. The number of pyridine rings is 1. The van der Waals surface area contributed by atoms with Crippen molar-refractivity contribution >= 4 is 5.91 Å². The predicted octanol–water partition coefficient (Wildman–Crippen LogP) is 1.02. The lowest BCUT2D eigenvalue weighted by atomic mass is 10.1. The number of hydrogen-bond acceptors (Lipinski definition) is 3. The maximum absolute atomic E-state index is 12.1. The summed E-state index contributed by atoms with van der Waals surface area (Å²) < 4.78 is 5.59. The Kier molecular flexibility index (Phi) is 4.15. The van der Waals surface area contributed by atoms with Crippen molar-refractivity contribution in [1.29, 1.82) is 0 Å². The molecule has 1 N–H and O–H groups in total. The zero-order valence-electron chi connectivity index (χ0n) is 10.5. The number of amides is 1. The molecule has 1 aromatic heterocycles. The first-order valence-electron chi connectivity index (χ1n) is 6.23. The van der Waals surface area contributed by atoms with E-state index in [9.17, 15) is 9.59 Å². The van der Waals surface area contributed by atoms with Gasteiger partial charge in [0.25, 0.3) is 5.91 Å². The molecule has 18 heavy (non-hydrogen) atoms. The Balaban J connectivity index is 1.97. The molecular weight excluding hydrogens is 232 g/mol. The molecule has 0 aliphatic carbocycles. The fourth-order valence-electron chi connectivity index (χ4n) is 2.12. The molecule has 5 heteroatoms. The van der Waals surface area contributed by atoms with Crippen LogP contribution in [0.25, 0.3) is 0 Å². The maximum atomic E-state index is 12.1. The van der Waals surface area contributed by atoms with Crippen molar-refractivity contribution in [2.75, 3.05) is 20.2 Å². The van der Waals surface area contributed by atoms with Gasteiger partial charge in [0.15, 0.2) is 0 Å². The number of nitrogens with zero attached hydrogens (tertiary/aromatic N) is 1. The van der Waals surface area contributed by atoms with Crippen molar-refractivity contribution in [3.8, 4) is 0 Å². The van der Waals surface area contributed by atoms with Gasteiger partial charge >= 0.3 is 0 Å². The number of hydrogen-bond donors (Lipinski definition) is 1. The Morgan fingerprint density at radius 3 is 3.00 bits per heavy atom. The van der Waals surface area contributed by atoms with E-state index in [0.29, 0.717) is 12.2 Å². The molecule has 1 saturated heterocycles. The molecule has 1 aromatic rings. The molecular formula is C13H18N2O3. The van der Waals surface area contributed by atoms with E-state index >= 15 is 0 Å². The normalized spacial score (nSPS) is 19.5. The summed E-state index contributed by atoms with van der Waals surface area (Å²) >= 11 is 0. The third-order valence-electron chi connectivity index (χ3n) is 3.10. The first-order valence-corrected chi connectivity index (χ1v) is 6.23. The highest BCUT2D eigenvalue weighted by atomic mass is 16.5. The van der Waals surface area contributed by atoms with Gasteiger partial charge in [-0.3, -0.25) is 9.59 Å². The Labute approximate surface area is 106 Å². The molecule has 1 amide bonds. The Bertz CT molecular complexity index is 463. The monoisotopic (exact) mass is 250 g/mol. The lowest BCUT2D eigenvalue weighted by Gasteiger charge is -2.27. The van der Waals surface area contributed by atoms with E-state index in [4.69, 9.17) is 4.74 Å². The second kappa shape index (κ2) is 5.82. The number of rotatable bonds is 3. The van der Waals surface area contributed by atoms with Crippen molar-refractivity contribution in [3.63, 3.8) is 0 Å². The molecule has 0 aromatic carbocycles. The van der Waals surface area contributed by atoms with E-state index < -0.39 is 0 Å². The quantitative estimate of drug-likeness (QED) is 0.871. The highest BCUT2D eigenvalue weighted by molar-refractivity contribution is 5.92. The van der Waals surface area contributed by atoms with Crippen molar-refractivity contribution < 1.29 is 9.53 Å². The molecule has 0 saturated carbocycles. The van der Waals surface area contributed by atoms with Gasteiger partial charge in [0.05, 0.1) is 6.10 Å². The summed E-state index contributed by atoms with van der Waals surface area (Å²) in [5.74, 6) is -0.179. The fourth-order valence-corrected chi connectivity index (χ4v) is 2.12. The SMILES string of the molecule is CN(CC1CCCCO1)C(=O)c1cccc(=O)[nH]1. The number of ether oxygens (including phenoxy) is 1. The van der Waals surface area contributed by atoms with Gasteiger partial charge < -0.3 is 14.6 Å². The van der Waals surface area contributed by atoms with Crippen molar-refractivity contribution in [2.45, 2.75) is 25.4 Å². The molecule has 1 aliphatic heterocycles. The third kappa shape index (κ3) is 3.20. The second-order valence-electron chi connectivity index (χ2n) is 4.60. The summed E-state index contributed by atoms with van der Waals surface area (Å²) in [4.78, 5) is 27.4. The smallest absolute Gasteiger partial charge is 0.270 e. The largest absolute Gasteiger partial charge is 0.376 e. The topological polar surface area (TPSA) is 62.4 Å². The number of likely N-dealkylation sites (N-methyl/N-ethyl adjacent to an activating group) is 1. The van der Waals surface area contributed by atoms with Gasteiger partial charge in [0.1, 0.15) is 5.69 Å².